The van der Waals surface area contributed by atoms with E-state index in [0.717, 1.165) is 0 Å². The summed E-state index contributed by atoms with van der Waals surface area (Å²) in [5, 5.41) is 2.66. The van der Waals surface area contributed by atoms with E-state index < -0.39 is 0 Å². The average Bonchev–Trinajstić information content (AvgIpc) is 2.29. The first-order chi connectivity index (χ1) is 8.15. The maximum absolute atomic E-state index is 11.8. The molecule has 0 spiro atoms. The number of carbonyl (C=O) groups is 1. The highest BCUT2D eigenvalue weighted by molar-refractivity contribution is 9.10. The second kappa shape index (κ2) is 5.37. The molecule has 0 radical (unpaired) electrons. The molecule has 2 heterocycles. The molecule has 0 aliphatic rings. The predicted molar refractivity (Wildman–Crippen MR) is 71.8 cm³/mol. The van der Waals surface area contributed by atoms with Crippen LogP contribution in [0, 0.1) is 0 Å². The van der Waals surface area contributed by atoms with Gasteiger partial charge in [0.15, 0.2) is 0 Å². The summed E-state index contributed by atoms with van der Waals surface area (Å²) in [6, 6.07) is 10.4. The molecule has 2 rings (SSSR count). The number of nitrogens with one attached hydrogen (secondary N) is 1. The van der Waals surface area contributed by atoms with E-state index >= 15 is 0 Å². The number of rotatable bonds is 2. The van der Waals surface area contributed by atoms with Gasteiger partial charge in [-0.25, -0.2) is 9.97 Å². The summed E-state index contributed by atoms with van der Waals surface area (Å²) < 4.78 is 1.28. The fraction of sp³-hybridized carbons (Fsp3) is 0. The van der Waals surface area contributed by atoms with E-state index in [9.17, 15) is 4.79 Å². The molecule has 86 valence electrons. The Labute approximate surface area is 115 Å². The molecule has 0 unspecified atom stereocenters. The lowest BCUT2D eigenvalue weighted by atomic mass is 10.3. The summed E-state index contributed by atoms with van der Waals surface area (Å²) in [5.74, 6) is 0.183. The molecular weight excluding hydrogens is 350 g/mol. The minimum absolute atomic E-state index is 0.295. The number of halogens is 2. The molecule has 0 fully saturated rings. The van der Waals surface area contributed by atoms with Crippen LogP contribution in [0.4, 0.5) is 5.82 Å². The zero-order valence-electron chi connectivity index (χ0n) is 8.52. The van der Waals surface area contributed by atoms with Gasteiger partial charge in [-0.2, -0.15) is 0 Å². The Bertz CT molecular complexity index is 560. The number of hydrogen-bond acceptors (Lipinski definition) is 3. The molecule has 0 aliphatic carbocycles. The first-order valence-corrected chi connectivity index (χ1v) is 6.30. The fourth-order valence-corrected chi connectivity index (χ4v) is 1.88. The normalized spacial score (nSPS) is 10.0. The number of anilines is 1. The van der Waals surface area contributed by atoms with Gasteiger partial charge in [0.05, 0.1) is 0 Å². The van der Waals surface area contributed by atoms with Crippen molar-refractivity contribution in [2.24, 2.45) is 0 Å². The highest BCUT2D eigenvalue weighted by Gasteiger charge is 2.08. The molecule has 6 heteroatoms. The minimum Gasteiger partial charge on any atom is -0.305 e. The summed E-state index contributed by atoms with van der Waals surface area (Å²) in [6.45, 7) is 0. The molecule has 17 heavy (non-hydrogen) atoms. The van der Waals surface area contributed by atoms with E-state index in [1.165, 1.54) is 0 Å². The summed E-state index contributed by atoms with van der Waals surface area (Å²) in [4.78, 5) is 20.0. The summed E-state index contributed by atoms with van der Waals surface area (Å²) >= 11 is 6.45. The number of carbonyl (C=O) groups excluding carboxylic acids is 1. The third kappa shape index (κ3) is 3.34. The van der Waals surface area contributed by atoms with Crippen molar-refractivity contribution in [3.05, 3.63) is 51.3 Å². The van der Waals surface area contributed by atoms with E-state index in [1.54, 1.807) is 36.4 Å². The lowest BCUT2D eigenvalue weighted by Crippen LogP contribution is -2.14. The Morgan fingerprint density at radius 3 is 2.29 bits per heavy atom. The summed E-state index contributed by atoms with van der Waals surface area (Å²) in [7, 11) is 0. The van der Waals surface area contributed by atoms with Crippen LogP contribution in [0.3, 0.4) is 0 Å². The standard InChI is InChI=1S/C11H7Br2N3O/c12-8-4-1-3-7(14-8)11(17)16-10-6-2-5-9(13)15-10/h1-6H,(H,15,16,17). The van der Waals surface area contributed by atoms with Gasteiger partial charge >= 0.3 is 0 Å². The number of aromatic nitrogens is 2. The molecule has 0 atom stereocenters. The second-order valence-corrected chi connectivity index (χ2v) is 4.77. The molecule has 0 aromatic carbocycles. The van der Waals surface area contributed by atoms with Crippen molar-refractivity contribution in [2.75, 3.05) is 5.32 Å². The van der Waals surface area contributed by atoms with Crippen molar-refractivity contribution < 1.29 is 4.79 Å². The Balaban J connectivity index is 2.17. The Hall–Kier alpha value is -1.27. The molecule has 1 amide bonds. The van der Waals surface area contributed by atoms with Crippen molar-refractivity contribution in [3.8, 4) is 0 Å². The van der Waals surface area contributed by atoms with Crippen LogP contribution in [0.5, 0.6) is 0 Å². The average molecular weight is 357 g/mol. The monoisotopic (exact) mass is 355 g/mol. The zero-order valence-corrected chi connectivity index (χ0v) is 11.7. The molecule has 0 saturated heterocycles. The van der Waals surface area contributed by atoms with Crippen molar-refractivity contribution in [1.82, 2.24) is 9.97 Å². The van der Waals surface area contributed by atoms with Gasteiger partial charge in [-0.3, -0.25) is 4.79 Å². The van der Waals surface area contributed by atoms with Gasteiger partial charge in [0.1, 0.15) is 20.7 Å². The highest BCUT2D eigenvalue weighted by Crippen LogP contribution is 2.12. The number of amides is 1. The molecule has 0 aliphatic heterocycles. The van der Waals surface area contributed by atoms with Crippen LogP contribution in [0.2, 0.25) is 0 Å². The number of pyridine rings is 2. The molecule has 2 aromatic heterocycles. The Kier molecular flexibility index (Phi) is 3.86. The minimum atomic E-state index is -0.295. The van der Waals surface area contributed by atoms with Crippen LogP contribution in [0.15, 0.2) is 45.6 Å². The van der Waals surface area contributed by atoms with Gasteiger partial charge in [0.2, 0.25) is 0 Å². The van der Waals surface area contributed by atoms with Crippen LogP contribution >= 0.6 is 31.9 Å². The molecular formula is C11H7Br2N3O. The third-order valence-electron chi connectivity index (χ3n) is 1.90. The van der Waals surface area contributed by atoms with Crippen LogP contribution in [-0.2, 0) is 0 Å². The van der Waals surface area contributed by atoms with Gasteiger partial charge in [-0.15, -0.1) is 0 Å². The van der Waals surface area contributed by atoms with Crippen LogP contribution in [0.1, 0.15) is 10.5 Å². The summed E-state index contributed by atoms with van der Waals surface area (Å²) in [6.07, 6.45) is 0. The second-order valence-electron chi connectivity index (χ2n) is 3.15. The SMILES string of the molecule is O=C(Nc1cccc(Br)n1)c1cccc(Br)n1. The lowest BCUT2D eigenvalue weighted by molar-refractivity contribution is 0.102. The van der Waals surface area contributed by atoms with Crippen LogP contribution in [0.25, 0.3) is 0 Å². The predicted octanol–water partition coefficient (Wildman–Crippen LogP) is 3.25. The lowest BCUT2D eigenvalue weighted by Gasteiger charge is -2.04. The quantitative estimate of drug-likeness (QED) is 0.840. The van der Waals surface area contributed by atoms with E-state index in [1.807, 2.05) is 0 Å². The van der Waals surface area contributed by atoms with Gasteiger partial charge < -0.3 is 5.32 Å². The highest BCUT2D eigenvalue weighted by atomic mass is 79.9. The summed E-state index contributed by atoms with van der Waals surface area (Å²) in [5.41, 5.74) is 0.334. The van der Waals surface area contributed by atoms with Crippen molar-refractivity contribution in [2.45, 2.75) is 0 Å². The van der Waals surface area contributed by atoms with E-state index in [-0.39, 0.29) is 5.91 Å². The fourth-order valence-electron chi connectivity index (χ4n) is 1.19. The van der Waals surface area contributed by atoms with Crippen LogP contribution in [-0.4, -0.2) is 15.9 Å². The molecule has 1 N–H and O–H groups in total. The first kappa shape index (κ1) is 12.2. The van der Waals surface area contributed by atoms with E-state index in [2.05, 4.69) is 47.1 Å². The Morgan fingerprint density at radius 2 is 1.65 bits per heavy atom. The third-order valence-corrected chi connectivity index (χ3v) is 2.79. The van der Waals surface area contributed by atoms with Crippen molar-refractivity contribution in [3.63, 3.8) is 0 Å². The van der Waals surface area contributed by atoms with Gasteiger partial charge in [-0.05, 0) is 56.1 Å². The maximum Gasteiger partial charge on any atom is 0.275 e. The largest absolute Gasteiger partial charge is 0.305 e. The molecule has 0 saturated carbocycles. The van der Waals surface area contributed by atoms with E-state index in [4.69, 9.17) is 0 Å². The molecule has 4 nitrogen and oxygen atoms in total. The van der Waals surface area contributed by atoms with E-state index in [0.29, 0.717) is 20.7 Å². The van der Waals surface area contributed by atoms with Gasteiger partial charge in [-0.1, -0.05) is 12.1 Å². The smallest absolute Gasteiger partial charge is 0.275 e. The molecule has 0 bridgehead atoms. The van der Waals surface area contributed by atoms with Crippen LogP contribution < -0.4 is 5.32 Å². The Morgan fingerprint density at radius 1 is 1.00 bits per heavy atom. The maximum atomic E-state index is 11.8. The van der Waals surface area contributed by atoms with Gasteiger partial charge in [0.25, 0.3) is 5.91 Å². The number of nitrogens with zero attached hydrogens (tertiary/aromatic N) is 2. The topological polar surface area (TPSA) is 54.9 Å². The number of hydrogen-bond donors (Lipinski definition) is 1. The molecule has 2 aromatic rings. The van der Waals surface area contributed by atoms with Crippen molar-refractivity contribution >= 4 is 43.6 Å². The van der Waals surface area contributed by atoms with Crippen molar-refractivity contribution in [1.29, 1.82) is 0 Å². The zero-order chi connectivity index (χ0) is 12.3. The van der Waals surface area contributed by atoms with Gasteiger partial charge in [0, 0.05) is 0 Å². The first-order valence-electron chi connectivity index (χ1n) is 4.71.